The fourth-order valence-electron chi connectivity index (χ4n) is 4.18. The Kier molecular flexibility index (Phi) is 5.96. The van der Waals surface area contributed by atoms with Gasteiger partial charge in [-0.3, -0.25) is 9.69 Å². The molecule has 0 unspecified atom stereocenters. The van der Waals surface area contributed by atoms with Gasteiger partial charge in [0.05, 0.1) is 31.4 Å². The number of benzene rings is 1. The van der Waals surface area contributed by atoms with Crippen LogP contribution in [0.3, 0.4) is 0 Å². The molecule has 2 saturated heterocycles. The van der Waals surface area contributed by atoms with Gasteiger partial charge in [-0.2, -0.15) is 0 Å². The molecule has 4 rings (SSSR count). The molecular weight excluding hydrogens is 373 g/mol. The number of halogens is 1. The number of carbonyl (C=O) groups excluding carboxylic acids is 1. The van der Waals surface area contributed by atoms with E-state index in [1.54, 1.807) is 18.3 Å². The van der Waals surface area contributed by atoms with Crippen molar-refractivity contribution in [1.29, 1.82) is 0 Å². The molecule has 7 heteroatoms. The van der Waals surface area contributed by atoms with Crippen molar-refractivity contribution in [3.05, 3.63) is 53.5 Å². The van der Waals surface area contributed by atoms with Crippen LogP contribution < -0.4 is 0 Å². The monoisotopic (exact) mass is 401 g/mol. The summed E-state index contributed by atoms with van der Waals surface area (Å²) in [5.41, 5.74) is 0.262. The first-order valence-corrected chi connectivity index (χ1v) is 10.3. The van der Waals surface area contributed by atoms with Gasteiger partial charge in [0.15, 0.2) is 0 Å². The summed E-state index contributed by atoms with van der Waals surface area (Å²) in [6.45, 7) is 6.87. The highest BCUT2D eigenvalue weighted by Crippen LogP contribution is 2.34. The number of hydrogen-bond acceptors (Lipinski definition) is 5. The van der Waals surface area contributed by atoms with Gasteiger partial charge in [0, 0.05) is 32.6 Å². The molecule has 3 heterocycles. The molecule has 1 atom stereocenters. The van der Waals surface area contributed by atoms with Crippen molar-refractivity contribution in [2.24, 2.45) is 0 Å². The third kappa shape index (κ3) is 4.67. The van der Waals surface area contributed by atoms with Crippen LogP contribution in [-0.2, 0) is 21.4 Å². The number of oxazole rings is 1. The largest absolute Gasteiger partial charge is 0.445 e. The van der Waals surface area contributed by atoms with Gasteiger partial charge < -0.3 is 14.1 Å². The lowest BCUT2D eigenvalue weighted by Gasteiger charge is -2.39. The lowest BCUT2D eigenvalue weighted by atomic mass is 9.81. The fraction of sp³-hybridized carbons (Fsp3) is 0.545. The molecule has 29 heavy (non-hydrogen) atoms. The van der Waals surface area contributed by atoms with Gasteiger partial charge in [0.25, 0.3) is 0 Å². The van der Waals surface area contributed by atoms with Crippen molar-refractivity contribution in [2.45, 2.75) is 31.6 Å². The molecule has 0 N–H and O–H groups in total. The molecule has 0 spiro atoms. The number of ether oxygens (including phenoxy) is 1. The van der Waals surface area contributed by atoms with E-state index < -0.39 is 0 Å². The second-order valence-electron chi connectivity index (χ2n) is 8.27. The van der Waals surface area contributed by atoms with Crippen molar-refractivity contribution in [2.75, 3.05) is 45.9 Å². The molecule has 2 aliphatic heterocycles. The highest BCUT2D eigenvalue weighted by Gasteiger charge is 2.38. The normalized spacial score (nSPS) is 23.3. The van der Waals surface area contributed by atoms with Crippen LogP contribution in [-0.4, -0.2) is 66.6 Å². The molecule has 6 nitrogen and oxygen atoms in total. The maximum absolute atomic E-state index is 13.9. The third-order valence-electron chi connectivity index (χ3n) is 5.90. The van der Waals surface area contributed by atoms with Crippen LogP contribution in [0.5, 0.6) is 0 Å². The van der Waals surface area contributed by atoms with E-state index in [1.165, 1.54) is 6.07 Å². The van der Waals surface area contributed by atoms with Crippen LogP contribution in [0.25, 0.3) is 0 Å². The number of aromatic nitrogens is 1. The quantitative estimate of drug-likeness (QED) is 0.771. The predicted molar refractivity (Wildman–Crippen MR) is 106 cm³/mol. The maximum Gasteiger partial charge on any atom is 0.236 e. The Labute approximate surface area is 170 Å². The first-order valence-electron chi connectivity index (χ1n) is 10.3. The summed E-state index contributed by atoms with van der Waals surface area (Å²) in [5.74, 6) is 1.18. The molecule has 0 aliphatic carbocycles. The van der Waals surface area contributed by atoms with Crippen molar-refractivity contribution >= 4 is 5.91 Å². The minimum Gasteiger partial charge on any atom is -0.445 e. The Balaban J connectivity index is 1.41. The highest BCUT2D eigenvalue weighted by molar-refractivity contribution is 5.78. The van der Waals surface area contributed by atoms with Crippen molar-refractivity contribution in [1.82, 2.24) is 14.8 Å². The van der Waals surface area contributed by atoms with Crippen LogP contribution >= 0.6 is 0 Å². The average Bonchev–Trinajstić information content (AvgIpc) is 3.20. The summed E-state index contributed by atoms with van der Waals surface area (Å²) in [6, 6.07) is 6.70. The van der Waals surface area contributed by atoms with Crippen molar-refractivity contribution in [3.8, 4) is 0 Å². The van der Waals surface area contributed by atoms with E-state index in [2.05, 4.69) is 16.8 Å². The van der Waals surface area contributed by atoms with Gasteiger partial charge in [-0.15, -0.1) is 0 Å². The Morgan fingerprint density at radius 3 is 2.83 bits per heavy atom. The average molecular weight is 401 g/mol. The SMILES string of the molecule is C[C@]1(c2ncc(Cc3ccccc3F)o2)CCCN(C(=O)CN2CCOCC2)C1. The zero-order chi connectivity index (χ0) is 20.3. The number of carbonyl (C=O) groups is 1. The van der Waals surface area contributed by atoms with Gasteiger partial charge in [0.1, 0.15) is 11.6 Å². The molecule has 0 saturated carbocycles. The van der Waals surface area contributed by atoms with E-state index in [9.17, 15) is 9.18 Å². The summed E-state index contributed by atoms with van der Waals surface area (Å²) in [6.07, 6.45) is 3.88. The molecule has 1 amide bonds. The topological polar surface area (TPSA) is 58.8 Å². The number of nitrogens with zero attached hydrogens (tertiary/aromatic N) is 3. The van der Waals surface area contributed by atoms with Gasteiger partial charge >= 0.3 is 0 Å². The van der Waals surface area contributed by atoms with Crippen molar-refractivity contribution < 1.29 is 18.3 Å². The lowest BCUT2D eigenvalue weighted by Crippen LogP contribution is -2.51. The fourth-order valence-corrected chi connectivity index (χ4v) is 4.18. The second kappa shape index (κ2) is 8.63. The number of amides is 1. The predicted octanol–water partition coefficient (Wildman–Crippen LogP) is 2.62. The lowest BCUT2D eigenvalue weighted by molar-refractivity contribution is -0.135. The van der Waals surface area contributed by atoms with E-state index in [4.69, 9.17) is 9.15 Å². The van der Waals surface area contributed by atoms with Crippen molar-refractivity contribution in [3.63, 3.8) is 0 Å². The molecule has 2 aliphatic rings. The standard InChI is InChI=1S/C22H28FN3O3/c1-22(21-24-14-18(29-21)13-17-5-2-3-6-19(17)23)7-4-8-26(16-22)20(27)15-25-9-11-28-12-10-25/h2-3,5-6,14H,4,7-13,15-16H2,1H3/t22-/m0/s1. The number of likely N-dealkylation sites (tertiary alicyclic amines) is 1. The molecule has 0 radical (unpaired) electrons. The Morgan fingerprint density at radius 1 is 1.24 bits per heavy atom. The van der Waals surface area contributed by atoms with Gasteiger partial charge in [0.2, 0.25) is 11.8 Å². The maximum atomic E-state index is 13.9. The minimum absolute atomic E-state index is 0.149. The summed E-state index contributed by atoms with van der Waals surface area (Å²) in [5, 5.41) is 0. The molecule has 2 aromatic rings. The summed E-state index contributed by atoms with van der Waals surface area (Å²) >= 11 is 0. The van der Waals surface area contributed by atoms with Gasteiger partial charge in [-0.05, 0) is 31.4 Å². The summed E-state index contributed by atoms with van der Waals surface area (Å²) in [7, 11) is 0. The van der Waals surface area contributed by atoms with Crippen LogP contribution in [0, 0.1) is 5.82 Å². The summed E-state index contributed by atoms with van der Waals surface area (Å²) < 4.78 is 25.3. The number of hydrogen-bond donors (Lipinski definition) is 0. The highest BCUT2D eigenvalue weighted by atomic mass is 19.1. The van der Waals surface area contributed by atoms with Crippen LogP contribution in [0.4, 0.5) is 4.39 Å². The van der Waals surface area contributed by atoms with E-state index in [0.29, 0.717) is 49.9 Å². The first-order chi connectivity index (χ1) is 14.0. The Bertz CT molecular complexity index is 849. The third-order valence-corrected chi connectivity index (χ3v) is 5.90. The van der Waals surface area contributed by atoms with Crippen LogP contribution in [0.15, 0.2) is 34.9 Å². The minimum atomic E-state index is -0.327. The molecule has 2 fully saturated rings. The number of rotatable bonds is 5. The van der Waals surface area contributed by atoms with Crippen LogP contribution in [0.1, 0.15) is 37.0 Å². The first kappa shape index (κ1) is 20.0. The molecule has 1 aromatic heterocycles. The molecule has 156 valence electrons. The van der Waals surface area contributed by atoms with E-state index >= 15 is 0 Å². The number of piperidine rings is 1. The number of morpholine rings is 1. The zero-order valence-corrected chi connectivity index (χ0v) is 16.9. The van der Waals surface area contributed by atoms with E-state index in [1.807, 2.05) is 11.0 Å². The molecule has 0 bridgehead atoms. The Hall–Kier alpha value is -2.25. The van der Waals surface area contributed by atoms with Crippen LogP contribution in [0.2, 0.25) is 0 Å². The molecule has 1 aromatic carbocycles. The Morgan fingerprint density at radius 2 is 2.03 bits per heavy atom. The van der Waals surface area contributed by atoms with Gasteiger partial charge in [-0.25, -0.2) is 9.37 Å². The zero-order valence-electron chi connectivity index (χ0n) is 16.9. The van der Waals surface area contributed by atoms with E-state index in [0.717, 1.165) is 32.5 Å². The molecular formula is C22H28FN3O3. The summed E-state index contributed by atoms with van der Waals surface area (Å²) in [4.78, 5) is 21.4. The second-order valence-corrected chi connectivity index (χ2v) is 8.27. The van der Waals surface area contributed by atoms with Gasteiger partial charge in [-0.1, -0.05) is 18.2 Å². The smallest absolute Gasteiger partial charge is 0.236 e. The van der Waals surface area contributed by atoms with E-state index in [-0.39, 0.29) is 17.1 Å².